The van der Waals surface area contributed by atoms with Gasteiger partial charge in [-0.2, -0.15) is 5.10 Å². The van der Waals surface area contributed by atoms with Crippen molar-refractivity contribution in [3.63, 3.8) is 0 Å². The largest absolute Gasteiger partial charge is 0.397 e. The van der Waals surface area contributed by atoms with E-state index in [9.17, 15) is 4.79 Å². The molecule has 3 N–H and O–H groups in total. The second kappa shape index (κ2) is 4.84. The summed E-state index contributed by atoms with van der Waals surface area (Å²) in [5.74, 6) is -0.211. The van der Waals surface area contributed by atoms with Crippen LogP contribution in [0.3, 0.4) is 0 Å². The zero-order valence-corrected chi connectivity index (χ0v) is 9.55. The highest BCUT2D eigenvalue weighted by atomic mass is 35.5. The standard InChI is InChI=1S/C10H10ClN5O/c11-8-2-1-7(3-9(8)12)15-10(17)4-16-6-13-5-14-16/h1-3,5-6H,4,12H2,(H,15,17). The molecule has 0 aliphatic heterocycles. The van der Waals surface area contributed by atoms with E-state index in [2.05, 4.69) is 15.4 Å². The second-order valence-corrected chi connectivity index (χ2v) is 3.78. The van der Waals surface area contributed by atoms with Gasteiger partial charge in [-0.05, 0) is 18.2 Å². The fraction of sp³-hybridized carbons (Fsp3) is 0.100. The predicted molar refractivity (Wildman–Crippen MR) is 64.5 cm³/mol. The van der Waals surface area contributed by atoms with Gasteiger partial charge >= 0.3 is 0 Å². The van der Waals surface area contributed by atoms with Gasteiger partial charge in [-0.15, -0.1) is 0 Å². The van der Waals surface area contributed by atoms with E-state index in [4.69, 9.17) is 17.3 Å². The Morgan fingerprint density at radius 3 is 3.00 bits per heavy atom. The van der Waals surface area contributed by atoms with E-state index in [0.29, 0.717) is 16.4 Å². The highest BCUT2D eigenvalue weighted by Gasteiger charge is 2.05. The van der Waals surface area contributed by atoms with Gasteiger partial charge in [0, 0.05) is 5.69 Å². The third-order valence-electron chi connectivity index (χ3n) is 2.05. The third kappa shape index (κ3) is 2.94. The number of hydrogen-bond donors (Lipinski definition) is 2. The maximum absolute atomic E-state index is 11.6. The van der Waals surface area contributed by atoms with Gasteiger partial charge < -0.3 is 11.1 Å². The van der Waals surface area contributed by atoms with E-state index >= 15 is 0 Å². The molecule has 2 aromatic rings. The Labute approximate surface area is 102 Å². The normalized spacial score (nSPS) is 10.2. The maximum Gasteiger partial charge on any atom is 0.246 e. The summed E-state index contributed by atoms with van der Waals surface area (Å²) < 4.78 is 1.43. The minimum Gasteiger partial charge on any atom is -0.397 e. The number of nitrogens with zero attached hydrogens (tertiary/aromatic N) is 3. The molecular formula is C10H10ClN5O. The van der Waals surface area contributed by atoms with E-state index in [0.717, 1.165) is 0 Å². The fourth-order valence-electron chi connectivity index (χ4n) is 1.28. The van der Waals surface area contributed by atoms with Crippen molar-refractivity contribution in [2.24, 2.45) is 0 Å². The number of rotatable bonds is 3. The molecule has 0 bridgehead atoms. The van der Waals surface area contributed by atoms with Gasteiger partial charge in [-0.1, -0.05) is 11.6 Å². The van der Waals surface area contributed by atoms with E-state index in [1.54, 1.807) is 18.2 Å². The number of anilines is 2. The Balaban J connectivity index is 2.00. The second-order valence-electron chi connectivity index (χ2n) is 3.38. The van der Waals surface area contributed by atoms with Crippen molar-refractivity contribution in [3.05, 3.63) is 35.9 Å². The van der Waals surface area contributed by atoms with Crippen LogP contribution in [0, 0.1) is 0 Å². The summed E-state index contributed by atoms with van der Waals surface area (Å²) in [6.07, 6.45) is 2.84. The molecule has 17 heavy (non-hydrogen) atoms. The predicted octanol–water partition coefficient (Wildman–Crippen LogP) is 1.15. The number of nitrogen functional groups attached to an aromatic ring is 1. The summed E-state index contributed by atoms with van der Waals surface area (Å²) in [5, 5.41) is 6.97. The Kier molecular flexibility index (Phi) is 3.24. The first-order chi connectivity index (χ1) is 8.15. The number of carbonyl (C=O) groups is 1. The van der Waals surface area contributed by atoms with E-state index in [1.807, 2.05) is 0 Å². The van der Waals surface area contributed by atoms with Crippen LogP contribution >= 0.6 is 11.6 Å². The lowest BCUT2D eigenvalue weighted by atomic mass is 10.3. The van der Waals surface area contributed by atoms with Gasteiger partial charge in [-0.3, -0.25) is 4.79 Å². The lowest BCUT2D eigenvalue weighted by molar-refractivity contribution is -0.116. The Hall–Kier alpha value is -2.08. The maximum atomic E-state index is 11.6. The molecule has 0 fully saturated rings. The number of benzene rings is 1. The first kappa shape index (κ1) is 11.4. The number of halogens is 1. The van der Waals surface area contributed by atoms with Crippen LogP contribution in [0.15, 0.2) is 30.9 Å². The van der Waals surface area contributed by atoms with Crippen molar-refractivity contribution in [2.75, 3.05) is 11.1 Å². The molecule has 0 atom stereocenters. The minimum absolute atomic E-state index is 0.0997. The third-order valence-corrected chi connectivity index (χ3v) is 2.40. The monoisotopic (exact) mass is 251 g/mol. The number of carbonyl (C=O) groups excluding carboxylic acids is 1. The lowest BCUT2D eigenvalue weighted by Crippen LogP contribution is -2.19. The van der Waals surface area contributed by atoms with Crippen molar-refractivity contribution in [1.82, 2.24) is 14.8 Å². The minimum atomic E-state index is -0.211. The van der Waals surface area contributed by atoms with Crippen molar-refractivity contribution < 1.29 is 4.79 Å². The molecule has 0 aliphatic carbocycles. The molecule has 1 heterocycles. The van der Waals surface area contributed by atoms with Gasteiger partial charge in [0.2, 0.25) is 5.91 Å². The smallest absolute Gasteiger partial charge is 0.246 e. The van der Waals surface area contributed by atoms with E-state index in [1.165, 1.54) is 17.3 Å². The molecule has 0 unspecified atom stereocenters. The molecule has 0 spiro atoms. The fourth-order valence-corrected chi connectivity index (χ4v) is 1.40. The van der Waals surface area contributed by atoms with Crippen LogP contribution in [-0.4, -0.2) is 20.7 Å². The van der Waals surface area contributed by atoms with E-state index in [-0.39, 0.29) is 12.5 Å². The topological polar surface area (TPSA) is 85.8 Å². The number of nitrogens with two attached hydrogens (primary N) is 1. The van der Waals surface area contributed by atoms with Gasteiger partial charge in [0.1, 0.15) is 19.2 Å². The zero-order valence-electron chi connectivity index (χ0n) is 8.80. The summed E-state index contributed by atoms with van der Waals surface area (Å²) in [5.41, 5.74) is 6.64. The van der Waals surface area contributed by atoms with Gasteiger partial charge in [0.05, 0.1) is 10.7 Å². The van der Waals surface area contributed by atoms with Crippen molar-refractivity contribution >= 4 is 28.9 Å². The summed E-state index contributed by atoms with van der Waals surface area (Å²) in [7, 11) is 0. The molecule has 88 valence electrons. The van der Waals surface area contributed by atoms with Crippen molar-refractivity contribution in [2.45, 2.75) is 6.54 Å². The Morgan fingerprint density at radius 2 is 2.35 bits per heavy atom. The molecule has 1 aromatic heterocycles. The zero-order chi connectivity index (χ0) is 12.3. The quantitative estimate of drug-likeness (QED) is 0.802. The molecule has 0 saturated carbocycles. The number of amides is 1. The molecule has 1 aromatic carbocycles. The molecular weight excluding hydrogens is 242 g/mol. The summed E-state index contributed by atoms with van der Waals surface area (Å²) in [6, 6.07) is 4.90. The van der Waals surface area contributed by atoms with Crippen LogP contribution in [0.25, 0.3) is 0 Å². The highest BCUT2D eigenvalue weighted by molar-refractivity contribution is 6.33. The average molecular weight is 252 g/mol. The molecule has 0 radical (unpaired) electrons. The van der Waals surface area contributed by atoms with Gasteiger partial charge in [0.25, 0.3) is 0 Å². The molecule has 0 saturated heterocycles. The average Bonchev–Trinajstić information content (AvgIpc) is 2.76. The Morgan fingerprint density at radius 1 is 1.53 bits per heavy atom. The van der Waals surface area contributed by atoms with Crippen LogP contribution in [0.5, 0.6) is 0 Å². The first-order valence-corrected chi connectivity index (χ1v) is 5.20. The van der Waals surface area contributed by atoms with Gasteiger partial charge in [0.15, 0.2) is 0 Å². The van der Waals surface area contributed by atoms with Crippen LogP contribution in [0.2, 0.25) is 5.02 Å². The van der Waals surface area contributed by atoms with Crippen LogP contribution in [0.1, 0.15) is 0 Å². The van der Waals surface area contributed by atoms with Crippen LogP contribution in [-0.2, 0) is 11.3 Å². The van der Waals surface area contributed by atoms with Crippen LogP contribution in [0.4, 0.5) is 11.4 Å². The summed E-state index contributed by atoms with van der Waals surface area (Å²) in [6.45, 7) is 0.0997. The summed E-state index contributed by atoms with van der Waals surface area (Å²) in [4.78, 5) is 15.3. The lowest BCUT2D eigenvalue weighted by Gasteiger charge is -2.06. The molecule has 6 nitrogen and oxygen atoms in total. The SMILES string of the molecule is Nc1cc(NC(=O)Cn2cncn2)ccc1Cl. The molecule has 0 aliphatic rings. The molecule has 7 heteroatoms. The molecule has 2 rings (SSSR count). The number of nitrogens with one attached hydrogen (secondary N) is 1. The highest BCUT2D eigenvalue weighted by Crippen LogP contribution is 2.22. The number of aromatic nitrogens is 3. The first-order valence-electron chi connectivity index (χ1n) is 4.82. The van der Waals surface area contributed by atoms with Crippen molar-refractivity contribution in [1.29, 1.82) is 0 Å². The van der Waals surface area contributed by atoms with Crippen LogP contribution < -0.4 is 11.1 Å². The van der Waals surface area contributed by atoms with E-state index < -0.39 is 0 Å². The number of hydrogen-bond acceptors (Lipinski definition) is 4. The Bertz CT molecular complexity index is 525. The van der Waals surface area contributed by atoms with Gasteiger partial charge in [-0.25, -0.2) is 9.67 Å². The van der Waals surface area contributed by atoms with Crippen molar-refractivity contribution in [3.8, 4) is 0 Å². The summed E-state index contributed by atoms with van der Waals surface area (Å²) >= 11 is 5.77. The molecule has 1 amide bonds.